The molecule has 3 rings (SSSR count). The highest BCUT2D eigenvalue weighted by Crippen LogP contribution is 2.17. The quantitative estimate of drug-likeness (QED) is 0.445. The monoisotopic (exact) mass is 394 g/mol. The predicted molar refractivity (Wildman–Crippen MR) is 111 cm³/mol. The van der Waals surface area contributed by atoms with Gasteiger partial charge in [-0.15, -0.1) is 0 Å². The molecule has 0 heterocycles. The fourth-order valence-corrected chi connectivity index (χ4v) is 3.45. The van der Waals surface area contributed by atoms with E-state index in [0.717, 1.165) is 21.1 Å². The molecule has 0 N–H and O–H groups in total. The highest BCUT2D eigenvalue weighted by Gasteiger charge is 2.18. The van der Waals surface area contributed by atoms with Crippen molar-refractivity contribution in [2.45, 2.75) is 18.4 Å². The van der Waals surface area contributed by atoms with Gasteiger partial charge >= 0.3 is 0 Å². The number of sulfonamides is 1. The Morgan fingerprint density at radius 2 is 1.68 bits per heavy atom. The van der Waals surface area contributed by atoms with Gasteiger partial charge in [-0.3, -0.25) is 0 Å². The van der Waals surface area contributed by atoms with Crippen LogP contribution in [0.5, 0.6) is 5.75 Å². The first-order chi connectivity index (χ1) is 13.4. The lowest BCUT2D eigenvalue weighted by molar-refractivity contribution is 0.306. The van der Waals surface area contributed by atoms with E-state index in [0.29, 0.717) is 12.4 Å². The van der Waals surface area contributed by atoms with Gasteiger partial charge in [0.05, 0.1) is 11.1 Å². The summed E-state index contributed by atoms with van der Waals surface area (Å²) in [5, 5.41) is 4.09. The molecule has 0 aliphatic heterocycles. The molecule has 0 aliphatic carbocycles. The van der Waals surface area contributed by atoms with E-state index in [1.807, 2.05) is 61.5 Å². The fraction of sp³-hybridized carbons (Fsp3) is 0.136. The highest BCUT2D eigenvalue weighted by molar-refractivity contribution is 7.89. The molecule has 0 spiro atoms. The molecule has 0 aliphatic rings. The molecular formula is C22H22N2O3S. The maximum atomic E-state index is 12.6. The van der Waals surface area contributed by atoms with Crippen molar-refractivity contribution in [1.29, 1.82) is 0 Å². The summed E-state index contributed by atoms with van der Waals surface area (Å²) in [5.41, 5.74) is 2.82. The molecule has 0 radical (unpaired) electrons. The minimum absolute atomic E-state index is 0.206. The topological polar surface area (TPSA) is 59.0 Å². The van der Waals surface area contributed by atoms with Gasteiger partial charge in [0, 0.05) is 7.05 Å². The average molecular weight is 394 g/mol. The largest absolute Gasteiger partial charge is 0.489 e. The third-order valence-corrected chi connectivity index (χ3v) is 5.80. The number of ether oxygens (including phenoxy) is 1. The van der Waals surface area contributed by atoms with Crippen LogP contribution in [0.2, 0.25) is 0 Å². The normalized spacial score (nSPS) is 11.5. The number of nitrogens with zero attached hydrogens (tertiary/aromatic N) is 2. The summed E-state index contributed by atoms with van der Waals surface area (Å²) < 4.78 is 31.9. The lowest BCUT2D eigenvalue weighted by atomic mass is 10.2. The number of rotatable bonds is 7. The number of benzene rings is 3. The summed E-state index contributed by atoms with van der Waals surface area (Å²) in [7, 11) is -2.26. The van der Waals surface area contributed by atoms with E-state index in [-0.39, 0.29) is 4.90 Å². The first kappa shape index (κ1) is 19.6. The van der Waals surface area contributed by atoms with Crippen LogP contribution in [0.25, 0.3) is 0 Å². The van der Waals surface area contributed by atoms with Gasteiger partial charge in [0.1, 0.15) is 12.4 Å². The summed E-state index contributed by atoms with van der Waals surface area (Å²) >= 11 is 0. The number of hydrogen-bond acceptors (Lipinski definition) is 4. The molecule has 6 heteroatoms. The van der Waals surface area contributed by atoms with Gasteiger partial charge < -0.3 is 4.74 Å². The van der Waals surface area contributed by atoms with Crippen molar-refractivity contribution >= 4 is 16.2 Å². The molecule has 0 atom stereocenters. The van der Waals surface area contributed by atoms with E-state index >= 15 is 0 Å². The van der Waals surface area contributed by atoms with Crippen LogP contribution >= 0.6 is 0 Å². The van der Waals surface area contributed by atoms with Gasteiger partial charge in [-0.25, -0.2) is 0 Å². The number of hydrogen-bond donors (Lipinski definition) is 0. The SMILES string of the molecule is Cc1ccc(S(=O)(=O)N(C)N=Cc2cccc(OCc3ccccc3)c2)cc1. The second-order valence-electron chi connectivity index (χ2n) is 6.34. The summed E-state index contributed by atoms with van der Waals surface area (Å²) in [5.74, 6) is 0.692. The van der Waals surface area contributed by atoms with E-state index in [2.05, 4.69) is 5.10 Å². The van der Waals surface area contributed by atoms with E-state index in [4.69, 9.17) is 4.74 Å². The molecule has 0 unspecified atom stereocenters. The zero-order chi connectivity index (χ0) is 20.0. The molecule has 0 fully saturated rings. The van der Waals surface area contributed by atoms with Gasteiger partial charge in [0.25, 0.3) is 10.0 Å². The van der Waals surface area contributed by atoms with Crippen LogP contribution in [0.15, 0.2) is 88.9 Å². The van der Waals surface area contributed by atoms with E-state index in [1.54, 1.807) is 24.3 Å². The van der Waals surface area contributed by atoms with Crippen molar-refractivity contribution in [3.8, 4) is 5.75 Å². The molecule has 0 amide bonds. The molecule has 0 aromatic heterocycles. The zero-order valence-corrected chi connectivity index (χ0v) is 16.6. The smallest absolute Gasteiger partial charge is 0.278 e. The van der Waals surface area contributed by atoms with Crippen molar-refractivity contribution in [3.05, 3.63) is 95.6 Å². The lowest BCUT2D eigenvalue weighted by Gasteiger charge is -2.13. The lowest BCUT2D eigenvalue weighted by Crippen LogP contribution is -2.21. The molecule has 144 valence electrons. The van der Waals surface area contributed by atoms with Crippen LogP contribution in [-0.2, 0) is 16.6 Å². The first-order valence-corrected chi connectivity index (χ1v) is 10.3. The predicted octanol–water partition coefficient (Wildman–Crippen LogP) is 4.23. The van der Waals surface area contributed by atoms with Gasteiger partial charge in [-0.2, -0.15) is 17.9 Å². The molecular weight excluding hydrogens is 372 g/mol. The molecule has 3 aromatic carbocycles. The van der Waals surface area contributed by atoms with Crippen molar-refractivity contribution in [2.24, 2.45) is 5.10 Å². The number of hydrazone groups is 1. The van der Waals surface area contributed by atoms with Crippen LogP contribution in [0.3, 0.4) is 0 Å². The Bertz CT molecular complexity index is 1050. The Morgan fingerprint density at radius 1 is 0.964 bits per heavy atom. The summed E-state index contributed by atoms with van der Waals surface area (Å²) in [6, 6.07) is 23.9. The number of aryl methyl sites for hydroxylation is 1. The van der Waals surface area contributed by atoms with Crippen LogP contribution in [-0.4, -0.2) is 26.1 Å². The first-order valence-electron chi connectivity index (χ1n) is 8.81. The van der Waals surface area contributed by atoms with Gasteiger partial charge in [0.15, 0.2) is 0 Å². The molecule has 5 nitrogen and oxygen atoms in total. The van der Waals surface area contributed by atoms with Crippen LogP contribution in [0.4, 0.5) is 0 Å². The summed E-state index contributed by atoms with van der Waals surface area (Å²) in [6.45, 7) is 2.37. The van der Waals surface area contributed by atoms with Gasteiger partial charge in [-0.1, -0.05) is 60.2 Å². The second kappa shape index (κ2) is 8.71. The Labute approximate surface area is 166 Å². The Kier molecular flexibility index (Phi) is 6.11. The van der Waals surface area contributed by atoms with E-state index < -0.39 is 10.0 Å². The minimum Gasteiger partial charge on any atom is -0.489 e. The average Bonchev–Trinajstić information content (AvgIpc) is 2.72. The summed E-state index contributed by atoms with van der Waals surface area (Å²) in [6.07, 6.45) is 1.50. The van der Waals surface area contributed by atoms with E-state index in [9.17, 15) is 8.42 Å². The van der Waals surface area contributed by atoms with Crippen LogP contribution < -0.4 is 4.74 Å². The second-order valence-corrected chi connectivity index (χ2v) is 8.29. The Morgan fingerprint density at radius 3 is 2.39 bits per heavy atom. The van der Waals surface area contributed by atoms with Crippen molar-refractivity contribution in [3.63, 3.8) is 0 Å². The van der Waals surface area contributed by atoms with Crippen molar-refractivity contribution < 1.29 is 13.2 Å². The summed E-state index contributed by atoms with van der Waals surface area (Å²) in [4.78, 5) is 0.206. The molecule has 0 saturated carbocycles. The maximum Gasteiger partial charge on any atom is 0.278 e. The van der Waals surface area contributed by atoms with Crippen LogP contribution in [0, 0.1) is 6.92 Å². The van der Waals surface area contributed by atoms with E-state index in [1.165, 1.54) is 13.3 Å². The van der Waals surface area contributed by atoms with Gasteiger partial charge in [0.2, 0.25) is 0 Å². The zero-order valence-electron chi connectivity index (χ0n) is 15.8. The van der Waals surface area contributed by atoms with Crippen LogP contribution in [0.1, 0.15) is 16.7 Å². The standard InChI is InChI=1S/C22H22N2O3S/c1-18-11-13-22(14-12-18)28(25,26)24(2)23-16-20-9-6-10-21(15-20)27-17-19-7-4-3-5-8-19/h3-16H,17H2,1-2H3. The van der Waals surface area contributed by atoms with Crippen molar-refractivity contribution in [2.75, 3.05) is 7.05 Å². The minimum atomic E-state index is -3.68. The van der Waals surface area contributed by atoms with Crippen molar-refractivity contribution in [1.82, 2.24) is 4.41 Å². The highest BCUT2D eigenvalue weighted by atomic mass is 32.2. The Balaban J connectivity index is 1.68. The molecule has 0 saturated heterocycles. The molecule has 28 heavy (non-hydrogen) atoms. The Hall–Kier alpha value is -3.12. The maximum absolute atomic E-state index is 12.6. The molecule has 0 bridgehead atoms. The van der Waals surface area contributed by atoms with Gasteiger partial charge in [-0.05, 0) is 42.3 Å². The third-order valence-electron chi connectivity index (χ3n) is 4.14. The fourth-order valence-electron chi connectivity index (χ4n) is 2.50. The molecule has 3 aromatic rings. The third kappa shape index (κ3) is 4.98.